The Hall–Kier alpha value is -3.23. The standard InChI is InChI=1S/C23H16BrN5OS/c24-16-10-12-17(13-11-16)25-20(30)14-31-23-22-28-27-21(15-6-2-1-3-7-15)29(22)19-9-5-4-8-18(19)26-23/h1-13H,14H2,(H,25,30). The van der Waals surface area contributed by atoms with Crippen LogP contribution in [0.3, 0.4) is 0 Å². The lowest BCUT2D eigenvalue weighted by atomic mass is 10.2. The van der Waals surface area contributed by atoms with Gasteiger partial charge in [-0.05, 0) is 36.4 Å². The number of nitrogens with zero attached hydrogens (tertiary/aromatic N) is 4. The van der Waals surface area contributed by atoms with Crippen molar-refractivity contribution in [2.24, 2.45) is 0 Å². The van der Waals surface area contributed by atoms with Crippen LogP contribution in [-0.4, -0.2) is 31.2 Å². The second kappa shape index (κ2) is 8.49. The first kappa shape index (κ1) is 19.7. The lowest BCUT2D eigenvalue weighted by Crippen LogP contribution is -2.14. The molecule has 0 atom stereocenters. The predicted octanol–water partition coefficient (Wildman–Crippen LogP) is 5.44. The number of amides is 1. The van der Waals surface area contributed by atoms with Crippen LogP contribution in [0, 0.1) is 0 Å². The van der Waals surface area contributed by atoms with Gasteiger partial charge in [0.1, 0.15) is 5.03 Å². The molecule has 152 valence electrons. The van der Waals surface area contributed by atoms with E-state index in [4.69, 9.17) is 4.98 Å². The van der Waals surface area contributed by atoms with E-state index in [0.717, 1.165) is 32.6 Å². The van der Waals surface area contributed by atoms with E-state index in [9.17, 15) is 4.79 Å². The molecule has 0 radical (unpaired) electrons. The van der Waals surface area contributed by atoms with E-state index in [2.05, 4.69) is 31.4 Å². The van der Waals surface area contributed by atoms with Crippen molar-refractivity contribution in [2.45, 2.75) is 5.03 Å². The van der Waals surface area contributed by atoms with Gasteiger partial charge in [-0.2, -0.15) is 0 Å². The highest BCUT2D eigenvalue weighted by atomic mass is 79.9. The molecule has 0 spiro atoms. The lowest BCUT2D eigenvalue weighted by Gasteiger charge is -2.09. The first-order valence-corrected chi connectivity index (χ1v) is 11.3. The van der Waals surface area contributed by atoms with Crippen LogP contribution in [0.15, 0.2) is 88.4 Å². The van der Waals surface area contributed by atoms with Gasteiger partial charge in [0.15, 0.2) is 11.5 Å². The maximum Gasteiger partial charge on any atom is 0.234 e. The first-order valence-electron chi connectivity index (χ1n) is 9.56. The summed E-state index contributed by atoms with van der Waals surface area (Å²) in [5.41, 5.74) is 4.10. The molecule has 0 bridgehead atoms. The third kappa shape index (κ3) is 4.04. The highest BCUT2D eigenvalue weighted by molar-refractivity contribution is 9.10. The number of anilines is 1. The highest BCUT2D eigenvalue weighted by Gasteiger charge is 2.17. The van der Waals surface area contributed by atoms with Gasteiger partial charge in [-0.25, -0.2) is 4.98 Å². The summed E-state index contributed by atoms with van der Waals surface area (Å²) in [6.07, 6.45) is 0. The Labute approximate surface area is 190 Å². The van der Waals surface area contributed by atoms with Crippen LogP contribution in [0.1, 0.15) is 0 Å². The SMILES string of the molecule is O=C(CSc1nc2ccccc2n2c(-c3ccccc3)nnc12)Nc1ccc(Br)cc1. The molecule has 1 N–H and O–H groups in total. The van der Waals surface area contributed by atoms with E-state index in [0.29, 0.717) is 10.7 Å². The van der Waals surface area contributed by atoms with Crippen molar-refractivity contribution < 1.29 is 4.79 Å². The molecule has 0 fully saturated rings. The molecular formula is C23H16BrN5OS. The average Bonchev–Trinajstić information content (AvgIpc) is 3.25. The minimum absolute atomic E-state index is 0.108. The van der Waals surface area contributed by atoms with Crippen molar-refractivity contribution in [3.63, 3.8) is 0 Å². The third-order valence-corrected chi connectivity index (χ3v) is 6.18. The van der Waals surface area contributed by atoms with Crippen molar-refractivity contribution >= 4 is 56.0 Å². The van der Waals surface area contributed by atoms with Crippen molar-refractivity contribution in [1.29, 1.82) is 0 Å². The van der Waals surface area contributed by atoms with E-state index < -0.39 is 0 Å². The van der Waals surface area contributed by atoms with Gasteiger partial charge in [0.05, 0.1) is 16.8 Å². The molecule has 0 saturated carbocycles. The number of benzene rings is 3. The van der Waals surface area contributed by atoms with E-state index in [1.54, 1.807) is 0 Å². The molecule has 6 nitrogen and oxygen atoms in total. The van der Waals surface area contributed by atoms with E-state index in [-0.39, 0.29) is 11.7 Å². The Morgan fingerprint density at radius 2 is 1.68 bits per heavy atom. The van der Waals surface area contributed by atoms with Gasteiger partial charge >= 0.3 is 0 Å². The Morgan fingerprint density at radius 3 is 2.48 bits per heavy atom. The molecule has 31 heavy (non-hydrogen) atoms. The second-order valence-electron chi connectivity index (χ2n) is 6.80. The van der Waals surface area contributed by atoms with Gasteiger partial charge in [-0.3, -0.25) is 9.20 Å². The topological polar surface area (TPSA) is 72.2 Å². The Kier molecular flexibility index (Phi) is 5.40. The van der Waals surface area contributed by atoms with Gasteiger partial charge in [0.25, 0.3) is 0 Å². The van der Waals surface area contributed by atoms with Crippen LogP contribution in [0.5, 0.6) is 0 Å². The van der Waals surface area contributed by atoms with Gasteiger partial charge in [-0.1, -0.05) is 70.2 Å². The summed E-state index contributed by atoms with van der Waals surface area (Å²) in [6.45, 7) is 0. The molecule has 5 aromatic rings. The Morgan fingerprint density at radius 1 is 0.935 bits per heavy atom. The van der Waals surface area contributed by atoms with Gasteiger partial charge in [0.2, 0.25) is 5.91 Å². The number of carbonyl (C=O) groups is 1. The molecule has 0 aliphatic carbocycles. The monoisotopic (exact) mass is 489 g/mol. The fourth-order valence-electron chi connectivity index (χ4n) is 3.29. The molecule has 1 amide bonds. The average molecular weight is 490 g/mol. The summed E-state index contributed by atoms with van der Waals surface area (Å²) in [5, 5.41) is 12.4. The molecule has 3 aromatic carbocycles. The van der Waals surface area contributed by atoms with Crippen LogP contribution in [-0.2, 0) is 4.79 Å². The van der Waals surface area contributed by atoms with E-state index >= 15 is 0 Å². The molecule has 2 heterocycles. The summed E-state index contributed by atoms with van der Waals surface area (Å²) in [7, 11) is 0. The number of nitrogens with one attached hydrogen (secondary N) is 1. The first-order chi connectivity index (χ1) is 15.2. The third-order valence-electron chi connectivity index (χ3n) is 4.70. The van der Waals surface area contributed by atoms with Gasteiger partial charge in [-0.15, -0.1) is 10.2 Å². The summed E-state index contributed by atoms with van der Waals surface area (Å²) >= 11 is 4.74. The number of hydrogen-bond donors (Lipinski definition) is 1. The number of fused-ring (bicyclic) bond motifs is 3. The zero-order chi connectivity index (χ0) is 21.2. The number of halogens is 1. The Balaban J connectivity index is 1.49. The largest absolute Gasteiger partial charge is 0.325 e. The van der Waals surface area contributed by atoms with Crippen LogP contribution in [0.4, 0.5) is 5.69 Å². The lowest BCUT2D eigenvalue weighted by molar-refractivity contribution is -0.113. The zero-order valence-corrected chi connectivity index (χ0v) is 18.6. The number of para-hydroxylation sites is 2. The molecule has 5 rings (SSSR count). The molecule has 0 aliphatic heterocycles. The maximum absolute atomic E-state index is 12.5. The van der Waals surface area contributed by atoms with E-state index in [1.807, 2.05) is 83.3 Å². The number of thioether (sulfide) groups is 1. The molecule has 8 heteroatoms. The van der Waals surface area contributed by atoms with Crippen LogP contribution in [0.25, 0.3) is 28.1 Å². The van der Waals surface area contributed by atoms with Crippen LogP contribution < -0.4 is 5.32 Å². The smallest absolute Gasteiger partial charge is 0.234 e. The Bertz CT molecular complexity index is 1390. The fourth-order valence-corrected chi connectivity index (χ4v) is 4.32. The van der Waals surface area contributed by atoms with Crippen molar-refractivity contribution in [2.75, 3.05) is 11.1 Å². The van der Waals surface area contributed by atoms with Gasteiger partial charge < -0.3 is 5.32 Å². The van der Waals surface area contributed by atoms with Crippen LogP contribution in [0.2, 0.25) is 0 Å². The van der Waals surface area contributed by atoms with Gasteiger partial charge in [0, 0.05) is 15.7 Å². The number of rotatable bonds is 5. The number of hydrogen-bond acceptors (Lipinski definition) is 5. The summed E-state index contributed by atoms with van der Waals surface area (Å²) in [4.78, 5) is 17.2. The fraction of sp³-hybridized carbons (Fsp3) is 0.0435. The quantitative estimate of drug-likeness (QED) is 0.333. The van der Waals surface area contributed by atoms with E-state index in [1.165, 1.54) is 11.8 Å². The zero-order valence-electron chi connectivity index (χ0n) is 16.2. The molecule has 0 aliphatic rings. The molecular weight excluding hydrogens is 474 g/mol. The van der Waals surface area contributed by atoms with Crippen molar-refractivity contribution in [1.82, 2.24) is 19.6 Å². The normalized spacial score (nSPS) is 11.1. The van der Waals surface area contributed by atoms with Crippen LogP contribution >= 0.6 is 27.7 Å². The predicted molar refractivity (Wildman–Crippen MR) is 127 cm³/mol. The molecule has 0 saturated heterocycles. The molecule has 2 aromatic heterocycles. The number of carbonyl (C=O) groups excluding carboxylic acids is 1. The van der Waals surface area contributed by atoms with Crippen molar-refractivity contribution in [3.8, 4) is 11.4 Å². The minimum Gasteiger partial charge on any atom is -0.325 e. The highest BCUT2D eigenvalue weighted by Crippen LogP contribution is 2.29. The maximum atomic E-state index is 12.5. The summed E-state index contributed by atoms with van der Waals surface area (Å²) in [5.74, 6) is 0.850. The second-order valence-corrected chi connectivity index (χ2v) is 8.68. The van der Waals surface area contributed by atoms with Crippen molar-refractivity contribution in [3.05, 3.63) is 83.3 Å². The summed E-state index contributed by atoms with van der Waals surface area (Å²) in [6, 6.07) is 25.3. The molecule has 0 unspecified atom stereocenters. The number of aromatic nitrogens is 4. The summed E-state index contributed by atoms with van der Waals surface area (Å²) < 4.78 is 2.97. The minimum atomic E-state index is -0.108.